The smallest absolute Gasteiger partial charge is 0.289 e. The Labute approximate surface area is 215 Å². The van der Waals surface area contributed by atoms with Gasteiger partial charge in [-0.25, -0.2) is 13.8 Å². The van der Waals surface area contributed by atoms with Gasteiger partial charge in [-0.2, -0.15) is 5.10 Å². The Balaban J connectivity index is 1.55. The fourth-order valence-corrected chi connectivity index (χ4v) is 4.74. The molecule has 0 aromatic heterocycles. The zero-order valence-electron chi connectivity index (χ0n) is 18.9. The van der Waals surface area contributed by atoms with E-state index in [0.717, 1.165) is 23.4 Å². The Morgan fingerprint density at radius 3 is 2.72 bits per heavy atom. The monoisotopic (exact) mass is 524 g/mol. The number of aliphatic imine (C=N–C) groups is 1. The predicted octanol–water partition coefficient (Wildman–Crippen LogP) is 6.81. The summed E-state index contributed by atoms with van der Waals surface area (Å²) in [6.45, 7) is 0. The summed E-state index contributed by atoms with van der Waals surface area (Å²) in [6.07, 6.45) is 2.01. The van der Waals surface area contributed by atoms with Gasteiger partial charge >= 0.3 is 0 Å². The summed E-state index contributed by atoms with van der Waals surface area (Å²) in [5.41, 5.74) is 2.39. The van der Waals surface area contributed by atoms with Gasteiger partial charge in [-0.1, -0.05) is 29.8 Å². The van der Waals surface area contributed by atoms with Gasteiger partial charge in [-0.3, -0.25) is 9.80 Å². The van der Waals surface area contributed by atoms with Crippen molar-refractivity contribution in [3.63, 3.8) is 0 Å². The van der Waals surface area contributed by atoms with Crippen molar-refractivity contribution < 1.29 is 18.3 Å². The number of amidine groups is 1. The summed E-state index contributed by atoms with van der Waals surface area (Å²) in [7, 11) is 1.58. The second-order valence-corrected chi connectivity index (χ2v) is 9.44. The third-order valence-corrected chi connectivity index (χ3v) is 6.70. The van der Waals surface area contributed by atoms with Gasteiger partial charge in [0.25, 0.3) is 5.24 Å². The normalized spacial score (nSPS) is 19.7. The summed E-state index contributed by atoms with van der Waals surface area (Å²) >= 11 is 6.92. The van der Waals surface area contributed by atoms with Crippen molar-refractivity contribution in [2.24, 2.45) is 10.1 Å². The summed E-state index contributed by atoms with van der Waals surface area (Å²) < 4.78 is 33.8. The quantitative estimate of drug-likeness (QED) is 0.398. The van der Waals surface area contributed by atoms with Crippen LogP contribution in [0.4, 0.5) is 19.3 Å². The molecule has 3 aromatic rings. The van der Waals surface area contributed by atoms with Crippen LogP contribution in [-0.4, -0.2) is 28.9 Å². The van der Waals surface area contributed by atoms with Crippen molar-refractivity contribution in [3.05, 3.63) is 106 Å². The zero-order chi connectivity index (χ0) is 25.2. The molecule has 2 heterocycles. The maximum absolute atomic E-state index is 14.8. The minimum absolute atomic E-state index is 0.286. The highest BCUT2D eigenvalue weighted by molar-refractivity contribution is 8.18. The number of methoxy groups -OCH3 is 1. The first kappa shape index (κ1) is 24.0. The van der Waals surface area contributed by atoms with E-state index in [4.69, 9.17) is 21.4 Å². The summed E-state index contributed by atoms with van der Waals surface area (Å²) in [5.74, 6) is -0.328. The maximum atomic E-state index is 14.8. The molecule has 0 spiro atoms. The van der Waals surface area contributed by atoms with Crippen molar-refractivity contribution in [1.82, 2.24) is 10.3 Å². The lowest BCUT2D eigenvalue weighted by Crippen LogP contribution is -2.20. The molecule has 1 atom stereocenters. The molecule has 2 aliphatic heterocycles. The van der Waals surface area contributed by atoms with E-state index in [1.54, 1.807) is 42.6 Å². The molecule has 0 radical (unpaired) electrons. The minimum atomic E-state index is -0.672. The minimum Gasteiger partial charge on any atom is -0.497 e. The number of ether oxygens (including phenoxy) is 1. The number of hydrogen-bond donors (Lipinski definition) is 1. The first-order valence-corrected chi connectivity index (χ1v) is 12.1. The highest BCUT2D eigenvalue weighted by Crippen LogP contribution is 2.37. The van der Waals surface area contributed by atoms with E-state index in [1.807, 2.05) is 24.3 Å². The largest absolute Gasteiger partial charge is 0.497 e. The molecule has 1 unspecified atom stereocenters. The number of benzene rings is 3. The van der Waals surface area contributed by atoms with Crippen LogP contribution in [0, 0.1) is 11.6 Å². The molecule has 1 amide bonds. The van der Waals surface area contributed by atoms with E-state index < -0.39 is 17.7 Å². The summed E-state index contributed by atoms with van der Waals surface area (Å²) in [5, 5.41) is 9.32. The molecule has 182 valence electrons. The van der Waals surface area contributed by atoms with Crippen LogP contribution in [0.1, 0.15) is 23.6 Å². The molecule has 0 aliphatic carbocycles. The molecule has 3 aromatic carbocycles. The summed E-state index contributed by atoms with van der Waals surface area (Å²) in [6, 6.07) is 17.2. The first-order valence-electron chi connectivity index (χ1n) is 10.9. The van der Waals surface area contributed by atoms with Crippen molar-refractivity contribution in [2.45, 2.75) is 12.5 Å². The fraction of sp³-hybridized carbons (Fsp3) is 0.115. The molecule has 1 N–H and O–H groups in total. The standard InChI is InChI=1S/C26H19ClF2N4O2S/c1-35-19-4-2-3-15(11-19)22-13-23(20-10-7-17(28)12-21(20)29)33(32-22)14-24-25(31-26(34)36-24)30-18-8-5-16(27)6-9-18/h2-12,14,23H,13H2,1H3,(H,30,31,34)/b24-14-. The molecule has 1 fully saturated rings. The van der Waals surface area contributed by atoms with Gasteiger partial charge < -0.3 is 10.1 Å². The highest BCUT2D eigenvalue weighted by atomic mass is 35.5. The van der Waals surface area contributed by atoms with Gasteiger partial charge in [0.1, 0.15) is 23.2 Å². The van der Waals surface area contributed by atoms with Crippen molar-refractivity contribution in [2.75, 3.05) is 7.11 Å². The molecule has 10 heteroatoms. The molecule has 0 bridgehead atoms. The van der Waals surface area contributed by atoms with Crippen LogP contribution in [0.2, 0.25) is 5.02 Å². The van der Waals surface area contributed by atoms with Crippen LogP contribution in [0.15, 0.2) is 87.9 Å². The van der Waals surface area contributed by atoms with Gasteiger partial charge in [0.15, 0.2) is 0 Å². The van der Waals surface area contributed by atoms with Crippen LogP contribution < -0.4 is 10.1 Å². The van der Waals surface area contributed by atoms with Gasteiger partial charge in [-0.05, 0) is 54.2 Å². The maximum Gasteiger partial charge on any atom is 0.289 e. The molecular formula is C26H19ClF2N4O2S. The van der Waals surface area contributed by atoms with Crippen LogP contribution >= 0.6 is 23.4 Å². The molecule has 36 heavy (non-hydrogen) atoms. The van der Waals surface area contributed by atoms with Crippen LogP contribution in [0.3, 0.4) is 0 Å². The molecule has 6 nitrogen and oxygen atoms in total. The highest BCUT2D eigenvalue weighted by Gasteiger charge is 2.33. The van der Waals surface area contributed by atoms with Gasteiger partial charge in [-0.15, -0.1) is 0 Å². The Kier molecular flexibility index (Phi) is 6.75. The van der Waals surface area contributed by atoms with Crippen LogP contribution in [-0.2, 0) is 0 Å². The Morgan fingerprint density at radius 1 is 1.17 bits per heavy atom. The molecule has 1 saturated heterocycles. The van der Waals surface area contributed by atoms with Crippen molar-refractivity contribution in [3.8, 4) is 5.75 Å². The van der Waals surface area contributed by atoms with E-state index >= 15 is 0 Å². The Morgan fingerprint density at radius 2 is 1.97 bits per heavy atom. The second-order valence-electron chi connectivity index (χ2n) is 7.99. The van der Waals surface area contributed by atoms with Gasteiger partial charge in [0.05, 0.1) is 29.5 Å². The van der Waals surface area contributed by atoms with E-state index in [0.29, 0.717) is 39.3 Å². The number of carbonyl (C=O) groups is 1. The molecule has 0 saturated carbocycles. The molecular weight excluding hydrogens is 506 g/mol. The number of halogens is 3. The number of amides is 1. The topological polar surface area (TPSA) is 66.3 Å². The number of rotatable bonds is 5. The molecule has 5 rings (SSSR count). The number of hydrazone groups is 1. The van der Waals surface area contributed by atoms with Gasteiger partial charge in [0.2, 0.25) is 0 Å². The van der Waals surface area contributed by atoms with E-state index in [9.17, 15) is 13.6 Å². The van der Waals surface area contributed by atoms with E-state index in [1.165, 1.54) is 12.1 Å². The SMILES string of the molecule is COc1cccc(C2=NN(/C=C3\SC(=O)NC3=Nc3ccc(Cl)cc3)C(c3ccc(F)cc3F)C2)c1. The second kappa shape index (κ2) is 10.1. The average Bonchev–Trinajstić information content (AvgIpc) is 3.43. The zero-order valence-corrected chi connectivity index (χ0v) is 20.5. The molecule has 2 aliphatic rings. The lowest BCUT2D eigenvalue weighted by atomic mass is 9.98. The van der Waals surface area contributed by atoms with Gasteiger partial charge in [0, 0.05) is 34.8 Å². The fourth-order valence-electron chi connectivity index (χ4n) is 3.92. The van der Waals surface area contributed by atoms with E-state index in [-0.39, 0.29) is 10.8 Å². The van der Waals surface area contributed by atoms with Crippen LogP contribution in [0.5, 0.6) is 5.75 Å². The number of carbonyl (C=O) groups excluding carboxylic acids is 1. The Hall–Kier alpha value is -3.69. The number of nitrogens with one attached hydrogen (secondary N) is 1. The lowest BCUT2D eigenvalue weighted by molar-refractivity contribution is 0.265. The van der Waals surface area contributed by atoms with E-state index in [2.05, 4.69) is 10.3 Å². The summed E-state index contributed by atoms with van der Waals surface area (Å²) in [4.78, 5) is 17.3. The lowest BCUT2D eigenvalue weighted by Gasteiger charge is -2.21. The first-order chi connectivity index (χ1) is 17.4. The van der Waals surface area contributed by atoms with Crippen LogP contribution in [0.25, 0.3) is 0 Å². The Bertz CT molecular complexity index is 1430. The number of nitrogens with zero attached hydrogens (tertiary/aromatic N) is 3. The average molecular weight is 525 g/mol. The third kappa shape index (κ3) is 5.12. The van der Waals surface area contributed by atoms with Crippen molar-refractivity contribution >= 4 is 45.8 Å². The number of thioether (sulfide) groups is 1. The number of hydrogen-bond acceptors (Lipinski definition) is 6. The third-order valence-electron chi connectivity index (χ3n) is 5.64. The van der Waals surface area contributed by atoms with Crippen molar-refractivity contribution in [1.29, 1.82) is 0 Å². The predicted molar refractivity (Wildman–Crippen MR) is 138 cm³/mol.